The third-order valence-electron chi connectivity index (χ3n) is 2.98. The molecule has 96 valence electrons. The number of hydrogen-bond donors (Lipinski definition) is 2. The average Bonchev–Trinajstić information content (AvgIpc) is 2.83. The number of amides is 1. The first-order valence-electron chi connectivity index (χ1n) is 5.74. The van der Waals surface area contributed by atoms with Crippen LogP contribution in [-0.2, 0) is 10.2 Å². The molecule has 0 saturated carbocycles. The van der Waals surface area contributed by atoms with Gasteiger partial charge in [-0.05, 0) is 17.7 Å². The second-order valence-electron chi connectivity index (χ2n) is 4.85. The zero-order valence-electron chi connectivity index (χ0n) is 10.4. The Hall–Kier alpha value is -1.49. The summed E-state index contributed by atoms with van der Waals surface area (Å²) in [6, 6.07) is 5.91. The van der Waals surface area contributed by atoms with Crippen LogP contribution in [0.5, 0.6) is 0 Å². The lowest BCUT2D eigenvalue weighted by atomic mass is 9.84. The van der Waals surface area contributed by atoms with Gasteiger partial charge in [0.2, 0.25) is 5.91 Å². The molecule has 0 fully saturated rings. The van der Waals surface area contributed by atoms with Crippen molar-refractivity contribution >= 4 is 29.6 Å². The van der Waals surface area contributed by atoms with Gasteiger partial charge in [-0.25, -0.2) is 4.98 Å². The molecule has 0 spiro atoms. The van der Waals surface area contributed by atoms with Gasteiger partial charge in [0.25, 0.3) is 0 Å². The summed E-state index contributed by atoms with van der Waals surface area (Å²) < 4.78 is 5.29. The number of nitrogens with zero attached hydrogens (tertiary/aromatic N) is 1. The van der Waals surface area contributed by atoms with Crippen molar-refractivity contribution in [1.29, 1.82) is 0 Å². The van der Waals surface area contributed by atoms with E-state index in [1.54, 1.807) is 0 Å². The summed E-state index contributed by atoms with van der Waals surface area (Å²) in [7, 11) is 0. The number of fused-ring (bicyclic) bond motifs is 1. The van der Waals surface area contributed by atoms with E-state index in [2.05, 4.69) is 36.8 Å². The molecular weight excluding hydrogens is 248 g/mol. The fourth-order valence-electron chi connectivity index (χ4n) is 1.75. The first kappa shape index (κ1) is 13.0. The molecule has 4 nitrogen and oxygen atoms in total. The second kappa shape index (κ2) is 5.02. The maximum absolute atomic E-state index is 11.2. The zero-order chi connectivity index (χ0) is 13.2. The van der Waals surface area contributed by atoms with Crippen molar-refractivity contribution in [3.05, 3.63) is 30.2 Å². The van der Waals surface area contributed by atoms with Crippen LogP contribution in [-0.4, -0.2) is 23.2 Å². The van der Waals surface area contributed by atoms with E-state index in [4.69, 9.17) is 4.42 Å². The van der Waals surface area contributed by atoms with Crippen LogP contribution in [0.3, 0.4) is 0 Å². The summed E-state index contributed by atoms with van der Waals surface area (Å²) in [6.07, 6.45) is 1.43. The molecule has 1 heterocycles. The summed E-state index contributed by atoms with van der Waals surface area (Å²) in [4.78, 5) is 15.3. The first-order valence-corrected chi connectivity index (χ1v) is 6.37. The predicted octanol–water partition coefficient (Wildman–Crippen LogP) is 2.15. The Bertz CT molecular complexity index is 563. The van der Waals surface area contributed by atoms with Gasteiger partial charge in [-0.2, -0.15) is 12.6 Å². The summed E-state index contributed by atoms with van der Waals surface area (Å²) >= 11 is 3.94. The number of rotatable bonds is 4. The molecule has 0 aliphatic carbocycles. The van der Waals surface area contributed by atoms with Gasteiger partial charge >= 0.3 is 0 Å². The van der Waals surface area contributed by atoms with E-state index < -0.39 is 0 Å². The fourth-order valence-corrected chi connectivity index (χ4v) is 1.87. The quantitative estimate of drug-likeness (QED) is 0.832. The van der Waals surface area contributed by atoms with Gasteiger partial charge in [-0.15, -0.1) is 0 Å². The molecule has 0 aliphatic rings. The van der Waals surface area contributed by atoms with Crippen LogP contribution in [0.4, 0.5) is 0 Å². The Kier molecular flexibility index (Phi) is 3.61. The van der Waals surface area contributed by atoms with Crippen LogP contribution in [0, 0.1) is 0 Å². The van der Waals surface area contributed by atoms with Crippen molar-refractivity contribution < 1.29 is 9.21 Å². The number of aromatic nitrogens is 1. The Morgan fingerprint density at radius 3 is 3.00 bits per heavy atom. The lowest BCUT2D eigenvalue weighted by Gasteiger charge is -2.25. The molecule has 0 unspecified atom stereocenters. The van der Waals surface area contributed by atoms with Crippen molar-refractivity contribution in [2.24, 2.45) is 0 Å². The highest BCUT2D eigenvalue weighted by Gasteiger charge is 2.22. The Labute approximate surface area is 111 Å². The van der Waals surface area contributed by atoms with Crippen LogP contribution < -0.4 is 5.32 Å². The van der Waals surface area contributed by atoms with E-state index >= 15 is 0 Å². The molecule has 0 bridgehead atoms. The first-order chi connectivity index (χ1) is 8.53. The van der Waals surface area contributed by atoms with Crippen molar-refractivity contribution in [1.82, 2.24) is 10.3 Å². The zero-order valence-corrected chi connectivity index (χ0v) is 11.3. The summed E-state index contributed by atoms with van der Waals surface area (Å²) in [5, 5.41) is 2.85. The molecule has 1 aromatic carbocycles. The lowest BCUT2D eigenvalue weighted by Crippen LogP contribution is -2.37. The largest absolute Gasteiger partial charge is 0.443 e. The van der Waals surface area contributed by atoms with E-state index in [1.807, 2.05) is 18.2 Å². The maximum Gasteiger partial charge on any atom is 0.229 e. The SMILES string of the molecule is CC(C)(CNC(=O)CS)c1ccc2ncoc2c1. The monoisotopic (exact) mass is 264 g/mol. The van der Waals surface area contributed by atoms with E-state index in [-0.39, 0.29) is 17.1 Å². The molecule has 0 radical (unpaired) electrons. The summed E-state index contributed by atoms with van der Waals surface area (Å²) in [5.41, 5.74) is 2.54. The maximum atomic E-state index is 11.2. The number of carbonyl (C=O) groups is 1. The van der Waals surface area contributed by atoms with Crippen molar-refractivity contribution in [2.75, 3.05) is 12.3 Å². The van der Waals surface area contributed by atoms with E-state index in [9.17, 15) is 4.79 Å². The van der Waals surface area contributed by atoms with Crippen LogP contribution in [0.2, 0.25) is 0 Å². The molecule has 1 aromatic heterocycles. The molecular formula is C13H16N2O2S. The second-order valence-corrected chi connectivity index (χ2v) is 5.17. The Morgan fingerprint density at radius 1 is 1.50 bits per heavy atom. The minimum Gasteiger partial charge on any atom is -0.443 e. The van der Waals surface area contributed by atoms with Gasteiger partial charge < -0.3 is 9.73 Å². The third kappa shape index (κ3) is 2.67. The van der Waals surface area contributed by atoms with Crippen LogP contribution in [0.25, 0.3) is 11.1 Å². The molecule has 1 N–H and O–H groups in total. The van der Waals surface area contributed by atoms with Gasteiger partial charge in [0.15, 0.2) is 12.0 Å². The highest BCUT2D eigenvalue weighted by Crippen LogP contribution is 2.25. The number of hydrogen-bond acceptors (Lipinski definition) is 4. The molecule has 0 atom stereocenters. The molecule has 5 heteroatoms. The van der Waals surface area contributed by atoms with Crippen LogP contribution >= 0.6 is 12.6 Å². The molecule has 18 heavy (non-hydrogen) atoms. The van der Waals surface area contributed by atoms with Crippen molar-refractivity contribution in [3.8, 4) is 0 Å². The highest BCUT2D eigenvalue weighted by atomic mass is 32.1. The standard InChI is InChI=1S/C13H16N2O2S/c1-13(2,7-14-12(16)6-18)9-3-4-10-11(5-9)17-8-15-10/h3-5,8,18H,6-7H2,1-2H3,(H,14,16). The Balaban J connectivity index is 2.19. The fraction of sp³-hybridized carbons (Fsp3) is 0.385. The number of oxazole rings is 1. The number of thiol groups is 1. The van der Waals surface area contributed by atoms with Gasteiger partial charge in [-0.1, -0.05) is 19.9 Å². The van der Waals surface area contributed by atoms with Crippen molar-refractivity contribution in [2.45, 2.75) is 19.3 Å². The van der Waals surface area contributed by atoms with Gasteiger partial charge in [0.1, 0.15) is 5.52 Å². The minimum atomic E-state index is -0.167. The number of nitrogens with one attached hydrogen (secondary N) is 1. The number of carbonyl (C=O) groups excluding carboxylic acids is 1. The molecule has 2 aromatic rings. The van der Waals surface area contributed by atoms with Gasteiger partial charge in [0.05, 0.1) is 5.75 Å². The molecule has 0 saturated heterocycles. The molecule has 0 aliphatic heterocycles. The number of benzene rings is 1. The van der Waals surface area contributed by atoms with E-state index in [0.29, 0.717) is 6.54 Å². The third-order valence-corrected chi connectivity index (χ3v) is 3.27. The van der Waals surface area contributed by atoms with Gasteiger partial charge in [0, 0.05) is 12.0 Å². The van der Waals surface area contributed by atoms with Crippen molar-refractivity contribution in [3.63, 3.8) is 0 Å². The molecule has 1 amide bonds. The topological polar surface area (TPSA) is 55.1 Å². The molecule has 2 rings (SSSR count). The normalized spacial score (nSPS) is 11.7. The lowest BCUT2D eigenvalue weighted by molar-refractivity contribution is -0.118. The van der Waals surface area contributed by atoms with Crippen LogP contribution in [0.1, 0.15) is 19.4 Å². The predicted molar refractivity (Wildman–Crippen MR) is 73.9 cm³/mol. The van der Waals surface area contributed by atoms with Gasteiger partial charge in [-0.3, -0.25) is 4.79 Å². The van der Waals surface area contributed by atoms with E-state index in [0.717, 1.165) is 16.7 Å². The van der Waals surface area contributed by atoms with Crippen LogP contribution in [0.15, 0.2) is 29.0 Å². The summed E-state index contributed by atoms with van der Waals surface area (Å²) in [6.45, 7) is 4.71. The highest BCUT2D eigenvalue weighted by molar-refractivity contribution is 7.81. The smallest absolute Gasteiger partial charge is 0.229 e. The average molecular weight is 264 g/mol. The Morgan fingerprint density at radius 2 is 2.28 bits per heavy atom. The summed E-state index contributed by atoms with van der Waals surface area (Å²) in [5.74, 6) is 0.143. The van der Waals surface area contributed by atoms with E-state index in [1.165, 1.54) is 6.39 Å². The minimum absolute atomic E-state index is 0.0628.